The quantitative estimate of drug-likeness (QED) is 0.640. The summed E-state index contributed by atoms with van der Waals surface area (Å²) in [6.45, 7) is 0. The third-order valence-electron chi connectivity index (χ3n) is 2.82. The van der Waals surface area contributed by atoms with E-state index in [1.807, 2.05) is 6.07 Å². The zero-order valence-corrected chi connectivity index (χ0v) is 13.4. The highest BCUT2D eigenvalue weighted by Crippen LogP contribution is 2.24. The molecule has 26 heavy (non-hydrogen) atoms. The number of carboxylic acids is 1. The van der Waals surface area contributed by atoms with Gasteiger partial charge in [0.05, 0.1) is 10.5 Å². The number of rotatable bonds is 2. The molecule has 0 aliphatic rings. The molecule has 2 N–H and O–H groups in total. The van der Waals surface area contributed by atoms with Crippen molar-refractivity contribution in [2.45, 2.75) is 6.18 Å². The van der Waals surface area contributed by atoms with Gasteiger partial charge in [-0.15, -0.1) is 0 Å². The molecule has 1 aromatic carbocycles. The van der Waals surface area contributed by atoms with Gasteiger partial charge in [0.25, 0.3) is 0 Å². The monoisotopic (exact) mass is 388 g/mol. The molecule has 0 saturated carbocycles. The van der Waals surface area contributed by atoms with Gasteiger partial charge in [-0.2, -0.15) is 13.2 Å². The first-order valence-electron chi connectivity index (χ1n) is 6.76. The van der Waals surface area contributed by atoms with Crippen LogP contribution in [0.3, 0.4) is 0 Å². The third-order valence-corrected chi connectivity index (χ3v) is 3.11. The summed E-state index contributed by atoms with van der Waals surface area (Å²) in [7, 11) is 0. The van der Waals surface area contributed by atoms with Crippen molar-refractivity contribution in [1.29, 1.82) is 0 Å². The Bertz CT molecular complexity index is 932. The van der Waals surface area contributed by atoms with Crippen molar-refractivity contribution in [1.82, 2.24) is 15.0 Å². The van der Waals surface area contributed by atoms with Gasteiger partial charge in [-0.3, -0.25) is 4.98 Å². The number of fused-ring (bicyclic) bond motifs is 1. The van der Waals surface area contributed by atoms with Crippen LogP contribution in [0.5, 0.6) is 0 Å². The lowest BCUT2D eigenvalue weighted by Gasteiger charge is -2.07. The number of halogens is 5. The van der Waals surface area contributed by atoms with Crippen LogP contribution < -0.4 is 5.32 Å². The van der Waals surface area contributed by atoms with E-state index in [-0.39, 0.29) is 5.02 Å². The zero-order valence-electron chi connectivity index (χ0n) is 12.6. The largest absolute Gasteiger partial charge is 0.490 e. The van der Waals surface area contributed by atoms with E-state index in [2.05, 4.69) is 20.3 Å². The van der Waals surface area contributed by atoms with Gasteiger partial charge in [0, 0.05) is 11.9 Å². The van der Waals surface area contributed by atoms with E-state index in [0.717, 1.165) is 5.52 Å². The predicted molar refractivity (Wildman–Crippen MR) is 85.7 cm³/mol. The maximum Gasteiger partial charge on any atom is 0.490 e. The van der Waals surface area contributed by atoms with Crippen molar-refractivity contribution in [2.24, 2.45) is 0 Å². The van der Waals surface area contributed by atoms with Crippen molar-refractivity contribution < 1.29 is 27.5 Å². The fourth-order valence-electron chi connectivity index (χ4n) is 1.70. The number of nitrogens with zero attached hydrogens (tertiary/aromatic N) is 3. The van der Waals surface area contributed by atoms with Gasteiger partial charge < -0.3 is 10.4 Å². The van der Waals surface area contributed by atoms with Crippen molar-refractivity contribution >= 4 is 40.1 Å². The summed E-state index contributed by atoms with van der Waals surface area (Å²) in [5.41, 5.74) is 2.01. The Morgan fingerprint density at radius 2 is 1.85 bits per heavy atom. The van der Waals surface area contributed by atoms with Crippen molar-refractivity contribution in [2.75, 3.05) is 5.32 Å². The number of alkyl halides is 3. The number of benzene rings is 1. The SMILES string of the molecule is Fc1ccc(Nc2ncnc3cccnc23)cc1Cl.O=C(O)C(F)(F)F. The molecule has 0 bridgehead atoms. The Morgan fingerprint density at radius 1 is 1.15 bits per heavy atom. The Morgan fingerprint density at radius 3 is 2.46 bits per heavy atom. The molecule has 3 aromatic rings. The Balaban J connectivity index is 0.000000298. The summed E-state index contributed by atoms with van der Waals surface area (Å²) in [4.78, 5) is 21.4. The molecule has 0 saturated heterocycles. The summed E-state index contributed by atoms with van der Waals surface area (Å²) in [5.74, 6) is -2.67. The van der Waals surface area contributed by atoms with Crippen molar-refractivity contribution in [3.05, 3.63) is 53.7 Å². The first-order valence-corrected chi connectivity index (χ1v) is 7.14. The van der Waals surface area contributed by atoms with Gasteiger partial charge >= 0.3 is 12.1 Å². The molecule has 3 rings (SSSR count). The number of hydrogen-bond donors (Lipinski definition) is 2. The number of carbonyl (C=O) groups is 1. The Hall–Kier alpha value is -3.01. The van der Waals surface area contributed by atoms with E-state index in [1.54, 1.807) is 18.3 Å². The minimum atomic E-state index is -5.08. The highest BCUT2D eigenvalue weighted by Gasteiger charge is 2.38. The molecule has 0 unspecified atom stereocenters. The van der Waals surface area contributed by atoms with Crippen LogP contribution in [0.2, 0.25) is 5.02 Å². The summed E-state index contributed by atoms with van der Waals surface area (Å²) in [6.07, 6.45) is -1.98. The second kappa shape index (κ2) is 7.91. The van der Waals surface area contributed by atoms with Crippen LogP contribution in [0.4, 0.5) is 29.1 Å². The lowest BCUT2D eigenvalue weighted by molar-refractivity contribution is -0.192. The number of aliphatic carboxylic acids is 1. The molecule has 11 heteroatoms. The Kier molecular flexibility index (Phi) is 5.88. The van der Waals surface area contributed by atoms with Gasteiger partial charge in [0.1, 0.15) is 17.7 Å². The number of hydrogen-bond acceptors (Lipinski definition) is 5. The highest BCUT2D eigenvalue weighted by molar-refractivity contribution is 6.31. The second-order valence-corrected chi connectivity index (χ2v) is 5.06. The molecular formula is C15H9ClF4N4O2. The summed E-state index contributed by atoms with van der Waals surface area (Å²) >= 11 is 5.73. The summed E-state index contributed by atoms with van der Waals surface area (Å²) in [5, 5.41) is 10.2. The molecule has 0 aliphatic carbocycles. The third kappa shape index (κ3) is 4.99. The van der Waals surface area contributed by atoms with Crippen LogP contribution in [0.15, 0.2) is 42.9 Å². The second-order valence-electron chi connectivity index (χ2n) is 4.65. The van der Waals surface area contributed by atoms with Gasteiger partial charge in [-0.1, -0.05) is 11.6 Å². The van der Waals surface area contributed by atoms with E-state index in [9.17, 15) is 17.6 Å². The average molecular weight is 389 g/mol. The maximum atomic E-state index is 13.1. The molecule has 0 fully saturated rings. The number of pyridine rings is 1. The number of anilines is 2. The van der Waals surface area contributed by atoms with Gasteiger partial charge in [-0.05, 0) is 30.3 Å². The van der Waals surface area contributed by atoms with E-state index in [0.29, 0.717) is 17.0 Å². The fraction of sp³-hybridized carbons (Fsp3) is 0.0667. The van der Waals surface area contributed by atoms with Crippen LogP contribution in [0, 0.1) is 5.82 Å². The molecular weight excluding hydrogens is 380 g/mol. The normalized spacial score (nSPS) is 10.8. The molecule has 0 radical (unpaired) electrons. The minimum absolute atomic E-state index is 0.0521. The highest BCUT2D eigenvalue weighted by atomic mass is 35.5. The number of nitrogens with one attached hydrogen (secondary N) is 1. The van der Waals surface area contributed by atoms with E-state index in [1.165, 1.54) is 18.5 Å². The van der Waals surface area contributed by atoms with Crippen LogP contribution >= 0.6 is 11.6 Å². The molecule has 2 heterocycles. The lowest BCUT2D eigenvalue weighted by Crippen LogP contribution is -2.21. The predicted octanol–water partition coefficient (Wildman–Crippen LogP) is 4.19. The number of carboxylic acid groups (broad SMARTS) is 1. The van der Waals surface area contributed by atoms with Gasteiger partial charge in [0.15, 0.2) is 5.82 Å². The zero-order chi connectivity index (χ0) is 19.3. The first-order chi connectivity index (χ1) is 12.2. The van der Waals surface area contributed by atoms with Crippen LogP contribution in [-0.4, -0.2) is 32.2 Å². The molecule has 0 aliphatic heterocycles. The molecule has 6 nitrogen and oxygen atoms in total. The average Bonchev–Trinajstić information content (AvgIpc) is 2.58. The van der Waals surface area contributed by atoms with Crippen molar-refractivity contribution in [3.63, 3.8) is 0 Å². The lowest BCUT2D eigenvalue weighted by atomic mass is 10.3. The topological polar surface area (TPSA) is 88.0 Å². The van der Waals surface area contributed by atoms with Gasteiger partial charge in [0.2, 0.25) is 0 Å². The smallest absolute Gasteiger partial charge is 0.475 e. The van der Waals surface area contributed by atoms with Crippen LogP contribution in [-0.2, 0) is 4.79 Å². The molecule has 136 valence electrons. The van der Waals surface area contributed by atoms with Crippen LogP contribution in [0.1, 0.15) is 0 Å². The Labute approximate surface area is 148 Å². The molecule has 0 amide bonds. The van der Waals surface area contributed by atoms with E-state index < -0.39 is 18.0 Å². The maximum absolute atomic E-state index is 13.1. The van der Waals surface area contributed by atoms with Crippen LogP contribution in [0.25, 0.3) is 11.0 Å². The minimum Gasteiger partial charge on any atom is -0.475 e. The molecule has 0 atom stereocenters. The van der Waals surface area contributed by atoms with Crippen molar-refractivity contribution in [3.8, 4) is 0 Å². The van der Waals surface area contributed by atoms with E-state index >= 15 is 0 Å². The van der Waals surface area contributed by atoms with E-state index in [4.69, 9.17) is 21.5 Å². The fourth-order valence-corrected chi connectivity index (χ4v) is 1.88. The van der Waals surface area contributed by atoms with Gasteiger partial charge in [-0.25, -0.2) is 19.2 Å². The molecule has 0 spiro atoms. The molecule has 2 aromatic heterocycles. The summed E-state index contributed by atoms with van der Waals surface area (Å²) < 4.78 is 44.8. The number of aromatic nitrogens is 3. The first kappa shape index (κ1) is 19.3. The summed E-state index contributed by atoms with van der Waals surface area (Å²) in [6, 6.07) is 8.01. The standard InChI is InChI=1S/C13H8ClFN4.C2HF3O2/c14-9-6-8(3-4-10(9)15)19-13-12-11(17-7-18-13)2-1-5-16-12;3-2(4,5)1(6)7/h1-7H,(H,17,18,19);(H,6,7).